The predicted octanol–water partition coefficient (Wildman–Crippen LogP) is 6.30. The van der Waals surface area contributed by atoms with Crippen molar-refractivity contribution in [1.29, 1.82) is 0 Å². The Morgan fingerprint density at radius 1 is 0.875 bits per heavy atom. The molecule has 1 rings (SSSR count). The van der Waals surface area contributed by atoms with E-state index in [1.807, 2.05) is 12.1 Å². The highest BCUT2D eigenvalue weighted by Crippen LogP contribution is 2.13. The number of aldehydes is 1. The number of carbonyl (C=O) groups excluding carboxylic acids is 1. The van der Waals surface area contributed by atoms with Gasteiger partial charge in [-0.05, 0) is 83.7 Å². The van der Waals surface area contributed by atoms with Crippen molar-refractivity contribution < 1.29 is 9.53 Å². The van der Waals surface area contributed by atoms with Gasteiger partial charge in [-0.25, -0.2) is 0 Å². The molecule has 1 aromatic rings. The minimum Gasteiger partial charge on any atom is -0.490 e. The third-order valence-corrected chi connectivity index (χ3v) is 3.82. The highest BCUT2D eigenvalue weighted by molar-refractivity contribution is 5.74. The van der Waals surface area contributed by atoms with E-state index in [4.69, 9.17) is 4.74 Å². The smallest absolute Gasteiger partial charge is 0.150 e. The molecule has 130 valence electrons. The molecule has 2 nitrogen and oxygen atoms in total. The van der Waals surface area contributed by atoms with Gasteiger partial charge in [0.1, 0.15) is 18.6 Å². The molecule has 0 atom stereocenters. The molecule has 0 aromatic heterocycles. The summed E-state index contributed by atoms with van der Waals surface area (Å²) in [5.41, 5.74) is 4.86. The van der Waals surface area contributed by atoms with Crippen LogP contribution in [0.3, 0.4) is 0 Å². The van der Waals surface area contributed by atoms with Gasteiger partial charge in [0.25, 0.3) is 0 Å². The molecule has 0 aliphatic heterocycles. The minimum atomic E-state index is 0.565. The molecular formula is C22H30O2. The van der Waals surface area contributed by atoms with Crippen LogP contribution < -0.4 is 4.74 Å². The van der Waals surface area contributed by atoms with E-state index in [-0.39, 0.29) is 0 Å². The van der Waals surface area contributed by atoms with Crippen LogP contribution in [-0.2, 0) is 0 Å². The maximum absolute atomic E-state index is 10.6. The molecule has 0 saturated carbocycles. The molecule has 0 radical (unpaired) electrons. The van der Waals surface area contributed by atoms with Crippen LogP contribution >= 0.6 is 0 Å². The van der Waals surface area contributed by atoms with Gasteiger partial charge in [0.2, 0.25) is 0 Å². The normalized spacial score (nSPS) is 12.0. The van der Waals surface area contributed by atoms with E-state index in [0.29, 0.717) is 12.2 Å². The van der Waals surface area contributed by atoms with Crippen molar-refractivity contribution in [2.24, 2.45) is 0 Å². The molecule has 0 N–H and O–H groups in total. The van der Waals surface area contributed by atoms with E-state index in [2.05, 4.69) is 45.9 Å². The second-order valence-electron chi connectivity index (χ2n) is 6.46. The van der Waals surface area contributed by atoms with Crippen molar-refractivity contribution in [3.63, 3.8) is 0 Å². The summed E-state index contributed by atoms with van der Waals surface area (Å²) in [5, 5.41) is 0. The van der Waals surface area contributed by atoms with Crippen molar-refractivity contribution in [2.75, 3.05) is 6.61 Å². The van der Waals surface area contributed by atoms with Gasteiger partial charge in [-0.15, -0.1) is 0 Å². The van der Waals surface area contributed by atoms with Crippen LogP contribution in [0, 0.1) is 0 Å². The van der Waals surface area contributed by atoms with Gasteiger partial charge in [0.05, 0.1) is 0 Å². The topological polar surface area (TPSA) is 26.3 Å². The van der Waals surface area contributed by atoms with E-state index >= 15 is 0 Å². The average molecular weight is 326 g/mol. The lowest BCUT2D eigenvalue weighted by molar-refractivity contribution is 0.112. The van der Waals surface area contributed by atoms with Gasteiger partial charge >= 0.3 is 0 Å². The molecule has 2 heteroatoms. The van der Waals surface area contributed by atoms with E-state index in [1.54, 1.807) is 12.1 Å². The zero-order chi connectivity index (χ0) is 17.8. The molecular weight excluding hydrogens is 296 g/mol. The van der Waals surface area contributed by atoms with Crippen LogP contribution in [0.15, 0.2) is 59.2 Å². The third kappa shape index (κ3) is 9.14. The molecule has 0 bridgehead atoms. The van der Waals surface area contributed by atoms with Gasteiger partial charge in [-0.1, -0.05) is 28.9 Å². The summed E-state index contributed by atoms with van der Waals surface area (Å²) in [7, 11) is 0. The van der Waals surface area contributed by atoms with Crippen LogP contribution in [0.25, 0.3) is 0 Å². The van der Waals surface area contributed by atoms with E-state index in [0.717, 1.165) is 37.7 Å². The second-order valence-corrected chi connectivity index (χ2v) is 6.46. The Balaban J connectivity index is 2.28. The monoisotopic (exact) mass is 326 g/mol. The van der Waals surface area contributed by atoms with Crippen LogP contribution in [-0.4, -0.2) is 12.9 Å². The van der Waals surface area contributed by atoms with E-state index in [9.17, 15) is 4.79 Å². The number of carbonyl (C=O) groups is 1. The molecule has 0 unspecified atom stereocenters. The van der Waals surface area contributed by atoms with Crippen molar-refractivity contribution in [3.8, 4) is 5.75 Å². The van der Waals surface area contributed by atoms with Gasteiger partial charge in [0, 0.05) is 5.56 Å². The average Bonchev–Trinajstić information content (AvgIpc) is 2.55. The molecule has 0 spiro atoms. The zero-order valence-corrected chi connectivity index (χ0v) is 15.5. The number of allylic oxidation sites excluding steroid dienone is 5. The SMILES string of the molecule is CC(C)=CCC/C(C)=C/CC/C(C)=C/COc1ccc(C=O)cc1. The first-order valence-electron chi connectivity index (χ1n) is 8.64. The molecule has 0 heterocycles. The Hall–Kier alpha value is -2.09. The van der Waals surface area contributed by atoms with Gasteiger partial charge in [-0.2, -0.15) is 0 Å². The lowest BCUT2D eigenvalue weighted by Gasteiger charge is -2.05. The van der Waals surface area contributed by atoms with Crippen LogP contribution in [0.4, 0.5) is 0 Å². The fourth-order valence-corrected chi connectivity index (χ4v) is 2.26. The maximum atomic E-state index is 10.6. The summed E-state index contributed by atoms with van der Waals surface area (Å²) < 4.78 is 5.66. The van der Waals surface area contributed by atoms with Crippen molar-refractivity contribution in [2.45, 2.75) is 53.4 Å². The number of hydrogen-bond acceptors (Lipinski definition) is 2. The first-order chi connectivity index (χ1) is 11.5. The van der Waals surface area contributed by atoms with Crippen LogP contribution in [0.5, 0.6) is 5.75 Å². The van der Waals surface area contributed by atoms with Gasteiger partial charge in [-0.3, -0.25) is 4.79 Å². The maximum Gasteiger partial charge on any atom is 0.150 e. The van der Waals surface area contributed by atoms with Crippen molar-refractivity contribution >= 4 is 6.29 Å². The van der Waals surface area contributed by atoms with Gasteiger partial charge in [0.15, 0.2) is 0 Å². The van der Waals surface area contributed by atoms with Crippen molar-refractivity contribution in [3.05, 3.63) is 64.8 Å². The summed E-state index contributed by atoms with van der Waals surface area (Å²) in [5.74, 6) is 0.791. The lowest BCUT2D eigenvalue weighted by atomic mass is 10.1. The first-order valence-corrected chi connectivity index (χ1v) is 8.64. The summed E-state index contributed by atoms with van der Waals surface area (Å²) in [6.45, 7) is 9.21. The second kappa shape index (κ2) is 11.4. The summed E-state index contributed by atoms with van der Waals surface area (Å²) in [4.78, 5) is 10.6. The highest BCUT2D eigenvalue weighted by Gasteiger charge is 1.95. The standard InChI is InChI=1S/C22H30O2/c1-18(2)7-5-8-19(3)9-6-10-20(4)15-16-24-22-13-11-21(17-23)12-14-22/h7,9,11-15,17H,5-6,8,10,16H2,1-4H3/b19-9+,20-15+. The zero-order valence-electron chi connectivity index (χ0n) is 15.5. The first kappa shape index (κ1) is 20.0. The summed E-state index contributed by atoms with van der Waals surface area (Å²) in [6.07, 6.45) is 12.0. The Bertz CT molecular complexity index is 585. The molecule has 1 aromatic carbocycles. The molecule has 0 aliphatic carbocycles. The Morgan fingerprint density at radius 2 is 1.46 bits per heavy atom. The van der Waals surface area contributed by atoms with Crippen molar-refractivity contribution in [1.82, 2.24) is 0 Å². The number of hydrogen-bond donors (Lipinski definition) is 0. The number of ether oxygens (including phenoxy) is 1. The Kier molecular flexibility index (Phi) is 9.52. The van der Waals surface area contributed by atoms with E-state index in [1.165, 1.54) is 16.7 Å². The molecule has 0 saturated heterocycles. The fourth-order valence-electron chi connectivity index (χ4n) is 2.26. The van der Waals surface area contributed by atoms with Crippen LogP contribution in [0.1, 0.15) is 63.7 Å². The molecule has 24 heavy (non-hydrogen) atoms. The molecule has 0 amide bonds. The lowest BCUT2D eigenvalue weighted by Crippen LogP contribution is -1.95. The summed E-state index contributed by atoms with van der Waals surface area (Å²) >= 11 is 0. The minimum absolute atomic E-state index is 0.565. The Morgan fingerprint density at radius 3 is 2.04 bits per heavy atom. The predicted molar refractivity (Wildman–Crippen MR) is 103 cm³/mol. The third-order valence-electron chi connectivity index (χ3n) is 3.82. The largest absolute Gasteiger partial charge is 0.490 e. The number of rotatable bonds is 10. The molecule has 0 aliphatic rings. The fraction of sp³-hybridized carbons (Fsp3) is 0.409. The quantitative estimate of drug-likeness (QED) is 0.372. The van der Waals surface area contributed by atoms with Gasteiger partial charge < -0.3 is 4.74 Å². The summed E-state index contributed by atoms with van der Waals surface area (Å²) in [6, 6.07) is 7.18. The van der Waals surface area contributed by atoms with E-state index < -0.39 is 0 Å². The number of benzene rings is 1. The Labute approximate surface area is 146 Å². The highest BCUT2D eigenvalue weighted by atomic mass is 16.5. The molecule has 0 fully saturated rings. The van der Waals surface area contributed by atoms with Crippen LogP contribution in [0.2, 0.25) is 0 Å².